The zero-order chi connectivity index (χ0) is 26.4. The Balaban J connectivity index is 1.88. The molecule has 0 fully saturated rings. The van der Waals surface area contributed by atoms with E-state index in [0.717, 1.165) is 47.2 Å². The standard InChI is InChI=1S/C30H34F3NO2/c1-6-7-21-8-9-23(36-17-25-26(31)10-11-27(32)29(25)33)16-24(21)30(35)34-28(12-18(2)3)22-14-19(4)13-20(5)15-22/h8-11,13-16,18,28H,6-7,12,17H2,1-5H3,(H,34,35)/t28-/m1/s1. The van der Waals surface area contributed by atoms with Crippen LogP contribution in [-0.2, 0) is 13.0 Å². The maximum absolute atomic E-state index is 14.0. The van der Waals surface area contributed by atoms with E-state index in [2.05, 4.69) is 37.4 Å². The van der Waals surface area contributed by atoms with E-state index in [1.54, 1.807) is 18.2 Å². The largest absolute Gasteiger partial charge is 0.489 e. The van der Waals surface area contributed by atoms with Gasteiger partial charge in [-0.1, -0.05) is 62.6 Å². The molecule has 0 spiro atoms. The molecule has 0 heterocycles. The second kappa shape index (κ2) is 12.1. The predicted octanol–water partition coefficient (Wildman–Crippen LogP) is 7.77. The minimum Gasteiger partial charge on any atom is -0.489 e. The van der Waals surface area contributed by atoms with Gasteiger partial charge in [0, 0.05) is 5.56 Å². The molecular weight excluding hydrogens is 463 g/mol. The molecule has 0 aromatic heterocycles. The normalized spacial score (nSPS) is 12.0. The summed E-state index contributed by atoms with van der Waals surface area (Å²) in [6.45, 7) is 9.83. The van der Waals surface area contributed by atoms with Crippen molar-refractivity contribution in [2.45, 2.75) is 66.5 Å². The Morgan fingerprint density at radius 2 is 1.61 bits per heavy atom. The Hall–Kier alpha value is -3.28. The summed E-state index contributed by atoms with van der Waals surface area (Å²) >= 11 is 0. The minimum absolute atomic E-state index is 0.175. The lowest BCUT2D eigenvalue weighted by Crippen LogP contribution is -2.30. The number of benzene rings is 3. The Morgan fingerprint density at radius 1 is 0.944 bits per heavy atom. The molecule has 3 aromatic carbocycles. The molecule has 192 valence electrons. The van der Waals surface area contributed by atoms with Crippen LogP contribution in [0.1, 0.15) is 77.8 Å². The monoisotopic (exact) mass is 497 g/mol. The maximum atomic E-state index is 14.0. The summed E-state index contributed by atoms with van der Waals surface area (Å²) in [4.78, 5) is 13.5. The van der Waals surface area contributed by atoms with Crippen molar-refractivity contribution in [3.05, 3.63) is 99.4 Å². The average molecular weight is 498 g/mol. The Bertz CT molecular complexity index is 1200. The molecule has 0 aliphatic carbocycles. The first-order chi connectivity index (χ1) is 17.1. The third-order valence-corrected chi connectivity index (χ3v) is 6.03. The van der Waals surface area contributed by atoms with Gasteiger partial charge in [-0.05, 0) is 68.0 Å². The molecule has 0 unspecified atom stereocenters. The quantitative estimate of drug-likeness (QED) is 0.291. The van der Waals surface area contributed by atoms with Crippen molar-refractivity contribution in [3.63, 3.8) is 0 Å². The number of rotatable bonds is 10. The maximum Gasteiger partial charge on any atom is 0.252 e. The van der Waals surface area contributed by atoms with Crippen LogP contribution in [0.4, 0.5) is 13.2 Å². The van der Waals surface area contributed by atoms with Crippen molar-refractivity contribution in [1.82, 2.24) is 5.32 Å². The van der Waals surface area contributed by atoms with Crippen LogP contribution < -0.4 is 10.1 Å². The van der Waals surface area contributed by atoms with Gasteiger partial charge >= 0.3 is 0 Å². The molecule has 1 amide bonds. The number of hydrogen-bond donors (Lipinski definition) is 1. The van der Waals surface area contributed by atoms with Gasteiger partial charge in [0.1, 0.15) is 18.2 Å². The van der Waals surface area contributed by atoms with Gasteiger partial charge in [-0.25, -0.2) is 13.2 Å². The molecule has 0 radical (unpaired) electrons. The number of nitrogens with one attached hydrogen (secondary N) is 1. The molecule has 3 rings (SSSR count). The zero-order valence-corrected chi connectivity index (χ0v) is 21.6. The van der Waals surface area contributed by atoms with Gasteiger partial charge in [-0.3, -0.25) is 4.79 Å². The van der Waals surface area contributed by atoms with Gasteiger partial charge < -0.3 is 10.1 Å². The summed E-state index contributed by atoms with van der Waals surface area (Å²) in [5, 5.41) is 3.20. The van der Waals surface area contributed by atoms with Crippen LogP contribution in [0.15, 0.2) is 48.5 Å². The lowest BCUT2D eigenvalue weighted by molar-refractivity contribution is 0.0930. The molecule has 1 N–H and O–H groups in total. The highest BCUT2D eigenvalue weighted by atomic mass is 19.2. The molecule has 0 aliphatic rings. The van der Waals surface area contributed by atoms with Gasteiger partial charge in [-0.2, -0.15) is 0 Å². The number of carbonyl (C=O) groups is 1. The molecule has 0 bridgehead atoms. The zero-order valence-electron chi connectivity index (χ0n) is 21.6. The first kappa shape index (κ1) is 27.3. The molecule has 1 atom stereocenters. The van der Waals surface area contributed by atoms with E-state index in [0.29, 0.717) is 17.9 Å². The van der Waals surface area contributed by atoms with E-state index in [1.165, 1.54) is 0 Å². The van der Waals surface area contributed by atoms with Gasteiger partial charge in [0.2, 0.25) is 0 Å². The molecule has 0 saturated heterocycles. The fourth-order valence-electron chi connectivity index (χ4n) is 4.40. The van der Waals surface area contributed by atoms with Crippen LogP contribution >= 0.6 is 0 Å². The third-order valence-electron chi connectivity index (χ3n) is 6.03. The number of ether oxygens (including phenoxy) is 1. The van der Waals surface area contributed by atoms with E-state index >= 15 is 0 Å². The lowest BCUT2D eigenvalue weighted by atomic mass is 9.93. The number of amides is 1. The Labute approximate surface area is 211 Å². The molecule has 3 aromatic rings. The topological polar surface area (TPSA) is 38.3 Å². The molecule has 0 saturated carbocycles. The van der Waals surface area contributed by atoms with Crippen LogP contribution in [0.5, 0.6) is 5.75 Å². The molecular formula is C30H34F3NO2. The number of hydrogen-bond acceptors (Lipinski definition) is 2. The highest BCUT2D eigenvalue weighted by Gasteiger charge is 2.21. The van der Waals surface area contributed by atoms with Gasteiger partial charge in [0.05, 0.1) is 11.6 Å². The van der Waals surface area contributed by atoms with Gasteiger partial charge in [-0.15, -0.1) is 0 Å². The summed E-state index contributed by atoms with van der Waals surface area (Å²) in [5.74, 6) is -2.92. The fourth-order valence-corrected chi connectivity index (χ4v) is 4.40. The van der Waals surface area contributed by atoms with Crippen LogP contribution in [0, 0.1) is 37.2 Å². The van der Waals surface area contributed by atoms with Crippen LogP contribution in [0.2, 0.25) is 0 Å². The van der Waals surface area contributed by atoms with E-state index in [1.807, 2.05) is 20.8 Å². The molecule has 6 heteroatoms. The van der Waals surface area contributed by atoms with Gasteiger partial charge in [0.25, 0.3) is 5.91 Å². The number of halogens is 3. The van der Waals surface area contributed by atoms with Crippen molar-refractivity contribution in [2.24, 2.45) is 5.92 Å². The van der Waals surface area contributed by atoms with Crippen molar-refractivity contribution in [2.75, 3.05) is 0 Å². The average Bonchev–Trinajstić information content (AvgIpc) is 2.81. The van der Waals surface area contributed by atoms with Crippen LogP contribution in [0.3, 0.4) is 0 Å². The second-order valence-electron chi connectivity index (χ2n) is 9.76. The van der Waals surface area contributed by atoms with Crippen LogP contribution in [-0.4, -0.2) is 5.91 Å². The van der Waals surface area contributed by atoms with Crippen molar-refractivity contribution in [3.8, 4) is 5.75 Å². The molecule has 3 nitrogen and oxygen atoms in total. The predicted molar refractivity (Wildman–Crippen MR) is 137 cm³/mol. The third kappa shape index (κ3) is 6.90. The van der Waals surface area contributed by atoms with Crippen molar-refractivity contribution in [1.29, 1.82) is 0 Å². The summed E-state index contributed by atoms with van der Waals surface area (Å²) < 4.78 is 47.2. The number of carbonyl (C=O) groups excluding carboxylic acids is 1. The minimum atomic E-state index is -1.28. The van der Waals surface area contributed by atoms with E-state index < -0.39 is 29.6 Å². The Morgan fingerprint density at radius 3 is 2.25 bits per heavy atom. The first-order valence-corrected chi connectivity index (χ1v) is 12.4. The van der Waals surface area contributed by atoms with E-state index in [4.69, 9.17) is 4.74 Å². The van der Waals surface area contributed by atoms with E-state index in [-0.39, 0.29) is 17.7 Å². The highest BCUT2D eigenvalue weighted by molar-refractivity contribution is 5.96. The number of aryl methyl sites for hydroxylation is 3. The smallest absolute Gasteiger partial charge is 0.252 e. The highest BCUT2D eigenvalue weighted by Crippen LogP contribution is 2.27. The lowest BCUT2D eigenvalue weighted by Gasteiger charge is -2.23. The second-order valence-corrected chi connectivity index (χ2v) is 9.76. The summed E-state index contributed by atoms with van der Waals surface area (Å²) in [6, 6.07) is 12.7. The van der Waals surface area contributed by atoms with Crippen molar-refractivity contribution < 1.29 is 22.7 Å². The van der Waals surface area contributed by atoms with E-state index in [9.17, 15) is 18.0 Å². The molecule has 0 aliphatic heterocycles. The van der Waals surface area contributed by atoms with Crippen LogP contribution in [0.25, 0.3) is 0 Å². The summed E-state index contributed by atoms with van der Waals surface area (Å²) in [5.41, 5.74) is 4.13. The Kier molecular flexibility index (Phi) is 9.19. The first-order valence-electron chi connectivity index (χ1n) is 12.4. The van der Waals surface area contributed by atoms with Gasteiger partial charge in [0.15, 0.2) is 11.6 Å². The molecule has 36 heavy (non-hydrogen) atoms. The fraction of sp³-hybridized carbons (Fsp3) is 0.367. The summed E-state index contributed by atoms with van der Waals surface area (Å²) in [7, 11) is 0. The summed E-state index contributed by atoms with van der Waals surface area (Å²) in [6.07, 6.45) is 2.30. The van der Waals surface area contributed by atoms with Crippen molar-refractivity contribution >= 4 is 5.91 Å². The SMILES string of the molecule is CCCc1ccc(OCc2c(F)ccc(F)c2F)cc1C(=O)N[C@H](CC(C)C)c1cc(C)cc(C)c1.